The number of carbonyl (C=O) groups is 1. The van der Waals surface area contributed by atoms with Crippen molar-refractivity contribution in [2.24, 2.45) is 13.0 Å². The van der Waals surface area contributed by atoms with Crippen molar-refractivity contribution in [3.05, 3.63) is 32.0 Å². The number of fused-ring (bicyclic) bond motifs is 1. The van der Waals surface area contributed by atoms with Crippen molar-refractivity contribution in [2.45, 2.75) is 52.5 Å². The maximum atomic E-state index is 12.3. The first-order valence-corrected chi connectivity index (χ1v) is 9.31. The van der Waals surface area contributed by atoms with Gasteiger partial charge in [0.25, 0.3) is 0 Å². The number of hydrogen-bond acceptors (Lipinski definition) is 4. The molecule has 0 aliphatic heterocycles. The summed E-state index contributed by atoms with van der Waals surface area (Å²) in [6.07, 6.45) is 5.39. The van der Waals surface area contributed by atoms with E-state index >= 15 is 0 Å². The number of rotatable bonds is 5. The molecule has 1 N–H and O–H groups in total. The van der Waals surface area contributed by atoms with E-state index in [1.54, 1.807) is 16.3 Å². The lowest BCUT2D eigenvalue weighted by Gasteiger charge is -2.22. The van der Waals surface area contributed by atoms with Crippen LogP contribution in [0.1, 0.15) is 42.5 Å². The average Bonchev–Trinajstić information content (AvgIpc) is 2.99. The highest BCUT2D eigenvalue weighted by atomic mass is 32.1. The fraction of sp³-hybridized carbons (Fsp3) is 0.588. The van der Waals surface area contributed by atoms with Gasteiger partial charge in [-0.15, -0.1) is 0 Å². The molecule has 130 valence electrons. The van der Waals surface area contributed by atoms with Gasteiger partial charge in [0.05, 0.1) is 5.69 Å². The normalized spacial score (nSPS) is 16.9. The number of amides is 1. The monoisotopic (exact) mass is 348 g/mol. The Hall–Kier alpha value is -1.89. The Bertz CT molecular complexity index is 802. The van der Waals surface area contributed by atoms with Crippen LogP contribution in [0.25, 0.3) is 0 Å². The van der Waals surface area contributed by atoms with Crippen molar-refractivity contribution in [1.29, 1.82) is 0 Å². The summed E-state index contributed by atoms with van der Waals surface area (Å²) in [5.74, 6) is 1.15. The zero-order valence-electron chi connectivity index (χ0n) is 14.5. The molecular formula is C17H24N4O2S. The Balaban J connectivity index is 1.73. The summed E-state index contributed by atoms with van der Waals surface area (Å²) in [5, 5.41) is 7.05. The summed E-state index contributed by atoms with van der Waals surface area (Å²) < 4.78 is 3.29. The molecular weight excluding hydrogens is 324 g/mol. The predicted octanol–water partition coefficient (Wildman–Crippen LogP) is 2.50. The Morgan fingerprint density at radius 3 is 2.96 bits per heavy atom. The highest BCUT2D eigenvalue weighted by Gasteiger charge is 2.24. The van der Waals surface area contributed by atoms with Crippen molar-refractivity contribution < 1.29 is 4.79 Å². The molecule has 0 aromatic carbocycles. The smallest absolute Gasteiger partial charge is 0.308 e. The number of carbonyl (C=O) groups excluding carboxylic acids is 1. The summed E-state index contributed by atoms with van der Waals surface area (Å²) in [6.45, 7) is 4.16. The van der Waals surface area contributed by atoms with Gasteiger partial charge in [0, 0.05) is 23.7 Å². The minimum absolute atomic E-state index is 0.0199. The van der Waals surface area contributed by atoms with Gasteiger partial charge < -0.3 is 5.32 Å². The van der Waals surface area contributed by atoms with E-state index < -0.39 is 0 Å². The van der Waals surface area contributed by atoms with Crippen LogP contribution in [-0.2, 0) is 31.2 Å². The molecule has 6 nitrogen and oxygen atoms in total. The first kappa shape index (κ1) is 17.0. The third-order valence-electron chi connectivity index (χ3n) is 4.61. The molecule has 0 radical (unpaired) electrons. The van der Waals surface area contributed by atoms with Gasteiger partial charge in [0.2, 0.25) is 5.91 Å². The van der Waals surface area contributed by atoms with E-state index in [-0.39, 0.29) is 17.3 Å². The molecule has 2 heterocycles. The van der Waals surface area contributed by atoms with Crippen molar-refractivity contribution in [1.82, 2.24) is 14.3 Å². The van der Waals surface area contributed by atoms with Gasteiger partial charge >= 0.3 is 4.87 Å². The van der Waals surface area contributed by atoms with E-state index in [2.05, 4.69) is 17.3 Å². The van der Waals surface area contributed by atoms with Gasteiger partial charge in [-0.2, -0.15) is 5.10 Å². The molecule has 3 rings (SSSR count). The number of anilines is 1. The molecule has 1 amide bonds. The lowest BCUT2D eigenvalue weighted by atomic mass is 9.88. The van der Waals surface area contributed by atoms with Crippen LogP contribution in [0.15, 0.2) is 10.9 Å². The molecule has 7 heteroatoms. The van der Waals surface area contributed by atoms with Gasteiger partial charge in [0.1, 0.15) is 12.4 Å². The Kier molecular flexibility index (Phi) is 4.89. The maximum Gasteiger partial charge on any atom is 0.308 e. The van der Waals surface area contributed by atoms with E-state index in [0.29, 0.717) is 11.7 Å². The Morgan fingerprint density at radius 1 is 1.50 bits per heavy atom. The lowest BCUT2D eigenvalue weighted by Crippen LogP contribution is -2.27. The fourth-order valence-corrected chi connectivity index (χ4v) is 4.63. The number of nitrogens with zero attached hydrogens (tertiary/aromatic N) is 3. The summed E-state index contributed by atoms with van der Waals surface area (Å²) in [5.41, 5.74) is 1.91. The van der Waals surface area contributed by atoms with Crippen LogP contribution in [0.5, 0.6) is 0 Å². The summed E-state index contributed by atoms with van der Waals surface area (Å²) in [4.78, 5) is 25.8. The molecule has 1 aliphatic rings. The van der Waals surface area contributed by atoms with Crippen molar-refractivity contribution in [3.8, 4) is 0 Å². The zero-order chi connectivity index (χ0) is 17.3. The zero-order valence-corrected chi connectivity index (χ0v) is 15.3. The van der Waals surface area contributed by atoms with Crippen molar-refractivity contribution in [3.63, 3.8) is 0 Å². The molecule has 1 aliphatic carbocycles. The van der Waals surface area contributed by atoms with E-state index in [0.717, 1.165) is 30.7 Å². The van der Waals surface area contributed by atoms with E-state index in [1.165, 1.54) is 29.1 Å². The quantitative estimate of drug-likeness (QED) is 0.902. The van der Waals surface area contributed by atoms with Gasteiger partial charge in [-0.05, 0) is 32.1 Å². The highest BCUT2D eigenvalue weighted by Crippen LogP contribution is 2.30. The molecule has 1 atom stereocenters. The van der Waals surface area contributed by atoms with Crippen LogP contribution in [0.4, 0.5) is 5.82 Å². The molecule has 2 aromatic heterocycles. The fourth-order valence-electron chi connectivity index (χ4n) is 3.49. The number of nitrogens with one attached hydrogen (secondary N) is 1. The number of aromatic nitrogens is 3. The van der Waals surface area contributed by atoms with Gasteiger partial charge in [-0.1, -0.05) is 31.1 Å². The van der Waals surface area contributed by atoms with Crippen LogP contribution in [0, 0.1) is 12.8 Å². The molecule has 0 bridgehead atoms. The first-order valence-electron chi connectivity index (χ1n) is 8.49. The molecule has 24 heavy (non-hydrogen) atoms. The summed E-state index contributed by atoms with van der Waals surface area (Å²) in [7, 11) is 1.79. The molecule has 0 saturated heterocycles. The molecule has 0 spiro atoms. The van der Waals surface area contributed by atoms with Gasteiger partial charge in [-0.3, -0.25) is 18.8 Å². The largest absolute Gasteiger partial charge is 0.309 e. The van der Waals surface area contributed by atoms with E-state index in [1.807, 2.05) is 13.0 Å². The number of hydrogen-bond donors (Lipinski definition) is 1. The van der Waals surface area contributed by atoms with E-state index in [4.69, 9.17) is 0 Å². The second-order valence-corrected chi connectivity index (χ2v) is 7.61. The van der Waals surface area contributed by atoms with Crippen LogP contribution in [0.3, 0.4) is 0 Å². The summed E-state index contributed by atoms with van der Waals surface area (Å²) in [6, 6.07) is 1.82. The van der Waals surface area contributed by atoms with E-state index in [9.17, 15) is 9.59 Å². The van der Waals surface area contributed by atoms with Crippen LogP contribution < -0.4 is 10.2 Å². The Labute approximate surface area is 145 Å². The minimum atomic E-state index is -0.184. The molecule has 0 unspecified atom stereocenters. The second-order valence-electron chi connectivity index (χ2n) is 6.56. The van der Waals surface area contributed by atoms with Crippen molar-refractivity contribution >= 4 is 23.1 Å². The standard InChI is InChI=1S/C17H24N4O2S/c1-4-5-12-6-7-13-14(9-12)24-17(23)21(13)10-16(22)18-15-8-11(2)19-20(15)3/h8,12H,4-7,9-10H2,1-3H3,(H,18,22)/t12-/m1/s1. The third kappa shape index (κ3) is 3.45. The lowest BCUT2D eigenvalue weighted by molar-refractivity contribution is -0.116. The van der Waals surface area contributed by atoms with Crippen LogP contribution in [-0.4, -0.2) is 20.3 Å². The molecule has 2 aromatic rings. The van der Waals surface area contributed by atoms with Crippen LogP contribution >= 0.6 is 11.3 Å². The van der Waals surface area contributed by atoms with Crippen LogP contribution in [0.2, 0.25) is 0 Å². The summed E-state index contributed by atoms with van der Waals surface area (Å²) >= 11 is 1.31. The average molecular weight is 348 g/mol. The SMILES string of the molecule is CCC[C@@H]1CCc2c(sc(=O)n2CC(=O)Nc2cc(C)nn2C)C1. The highest BCUT2D eigenvalue weighted by molar-refractivity contribution is 7.09. The molecule has 0 saturated carbocycles. The van der Waals surface area contributed by atoms with Gasteiger partial charge in [0.15, 0.2) is 0 Å². The number of thiazole rings is 1. The maximum absolute atomic E-state index is 12.3. The number of aryl methyl sites for hydroxylation is 2. The second kappa shape index (κ2) is 6.93. The topological polar surface area (TPSA) is 68.9 Å². The van der Waals surface area contributed by atoms with Gasteiger partial charge in [-0.25, -0.2) is 0 Å². The minimum Gasteiger partial charge on any atom is -0.309 e. The predicted molar refractivity (Wildman–Crippen MR) is 95.6 cm³/mol. The van der Waals surface area contributed by atoms with Crippen molar-refractivity contribution in [2.75, 3.05) is 5.32 Å². The molecule has 0 fully saturated rings. The first-order chi connectivity index (χ1) is 11.5. The Morgan fingerprint density at radius 2 is 2.29 bits per heavy atom. The third-order valence-corrected chi connectivity index (χ3v) is 5.65.